The molecule has 0 spiro atoms. The minimum Gasteiger partial charge on any atom is -0.271 e. The molecule has 0 aliphatic carbocycles. The van der Waals surface area contributed by atoms with E-state index in [9.17, 15) is 13.2 Å². The van der Waals surface area contributed by atoms with E-state index >= 15 is 0 Å². The number of hydrogen-bond donors (Lipinski definition) is 2. The molecule has 0 saturated carbocycles. The largest absolute Gasteiger partial charge is 0.416 e. The van der Waals surface area contributed by atoms with Gasteiger partial charge in [-0.25, -0.2) is 0 Å². The van der Waals surface area contributed by atoms with Crippen LogP contribution in [0.25, 0.3) is 0 Å². The van der Waals surface area contributed by atoms with Crippen LogP contribution >= 0.6 is 0 Å². The molecule has 0 bridgehead atoms. The van der Waals surface area contributed by atoms with Crippen molar-refractivity contribution in [3.63, 3.8) is 0 Å². The fourth-order valence-corrected chi connectivity index (χ4v) is 1.89. The summed E-state index contributed by atoms with van der Waals surface area (Å²) in [6.45, 7) is 4.06. The van der Waals surface area contributed by atoms with Crippen molar-refractivity contribution in [2.24, 2.45) is 11.8 Å². The number of nitrogens with one attached hydrogen (secondary N) is 1. The molecule has 1 unspecified atom stereocenters. The van der Waals surface area contributed by atoms with E-state index in [2.05, 4.69) is 5.43 Å². The summed E-state index contributed by atoms with van der Waals surface area (Å²) in [6.07, 6.45) is -2.94. The summed E-state index contributed by atoms with van der Waals surface area (Å²) in [4.78, 5) is 0. The molecule has 18 heavy (non-hydrogen) atoms. The quantitative estimate of drug-likeness (QED) is 0.626. The first kappa shape index (κ1) is 15.0. The first-order valence-corrected chi connectivity index (χ1v) is 5.98. The van der Waals surface area contributed by atoms with Gasteiger partial charge in [-0.15, -0.1) is 0 Å². The molecule has 2 nitrogen and oxygen atoms in total. The molecule has 102 valence electrons. The molecule has 0 aliphatic rings. The SMILES string of the molecule is CC(C)CCC(NN)c1ccccc1C(F)(F)F. The molecule has 0 radical (unpaired) electrons. The molecule has 0 saturated heterocycles. The highest BCUT2D eigenvalue weighted by atomic mass is 19.4. The maximum absolute atomic E-state index is 12.9. The standard InChI is InChI=1S/C13H19F3N2/c1-9(2)7-8-12(18-17)10-5-3-4-6-11(10)13(14,15)16/h3-6,9,12,18H,7-8,17H2,1-2H3. The van der Waals surface area contributed by atoms with Gasteiger partial charge in [-0.1, -0.05) is 32.0 Å². The lowest BCUT2D eigenvalue weighted by atomic mass is 9.94. The van der Waals surface area contributed by atoms with Crippen molar-refractivity contribution in [1.29, 1.82) is 0 Å². The number of hydrogen-bond acceptors (Lipinski definition) is 2. The normalized spacial score (nSPS) is 13.9. The van der Waals surface area contributed by atoms with Gasteiger partial charge < -0.3 is 0 Å². The Balaban J connectivity index is 2.98. The molecule has 1 aromatic rings. The highest BCUT2D eigenvalue weighted by Crippen LogP contribution is 2.35. The lowest BCUT2D eigenvalue weighted by molar-refractivity contribution is -0.138. The molecule has 5 heteroatoms. The van der Waals surface area contributed by atoms with Gasteiger partial charge in [-0.3, -0.25) is 11.3 Å². The van der Waals surface area contributed by atoms with E-state index in [1.54, 1.807) is 6.07 Å². The summed E-state index contributed by atoms with van der Waals surface area (Å²) in [6, 6.07) is 5.10. The second kappa shape index (κ2) is 6.20. The van der Waals surface area contributed by atoms with Crippen LogP contribution in [0.15, 0.2) is 24.3 Å². The number of benzene rings is 1. The van der Waals surface area contributed by atoms with Crippen molar-refractivity contribution in [3.8, 4) is 0 Å². The monoisotopic (exact) mass is 260 g/mol. The van der Waals surface area contributed by atoms with Crippen molar-refractivity contribution in [1.82, 2.24) is 5.43 Å². The van der Waals surface area contributed by atoms with Crippen molar-refractivity contribution < 1.29 is 13.2 Å². The van der Waals surface area contributed by atoms with Crippen LogP contribution in [0.2, 0.25) is 0 Å². The zero-order chi connectivity index (χ0) is 13.8. The maximum atomic E-state index is 12.9. The Labute approximate surface area is 105 Å². The zero-order valence-corrected chi connectivity index (χ0v) is 10.6. The summed E-state index contributed by atoms with van der Waals surface area (Å²) in [5, 5.41) is 0. The van der Waals surface area contributed by atoms with E-state index < -0.39 is 17.8 Å². The Morgan fingerprint density at radius 2 is 1.78 bits per heavy atom. The minimum atomic E-state index is -4.34. The number of rotatable bonds is 5. The Bertz CT molecular complexity index is 375. The predicted octanol–water partition coefficient (Wildman–Crippen LogP) is 3.65. The molecule has 0 fully saturated rings. The fraction of sp³-hybridized carbons (Fsp3) is 0.538. The van der Waals surface area contributed by atoms with E-state index in [1.807, 2.05) is 13.8 Å². The highest BCUT2D eigenvalue weighted by Gasteiger charge is 2.34. The fourth-order valence-electron chi connectivity index (χ4n) is 1.89. The van der Waals surface area contributed by atoms with Crippen LogP contribution in [0.4, 0.5) is 13.2 Å². The second-order valence-corrected chi connectivity index (χ2v) is 4.78. The van der Waals surface area contributed by atoms with Crippen LogP contribution in [0.5, 0.6) is 0 Å². The van der Waals surface area contributed by atoms with Gasteiger partial charge in [0.25, 0.3) is 0 Å². The highest BCUT2D eigenvalue weighted by molar-refractivity contribution is 5.32. The average Bonchev–Trinajstić information content (AvgIpc) is 2.29. The average molecular weight is 260 g/mol. The molecule has 1 aromatic carbocycles. The molecular formula is C13H19F3N2. The third-order valence-corrected chi connectivity index (χ3v) is 2.88. The maximum Gasteiger partial charge on any atom is 0.416 e. The zero-order valence-electron chi connectivity index (χ0n) is 10.6. The van der Waals surface area contributed by atoms with Crippen molar-refractivity contribution in [3.05, 3.63) is 35.4 Å². The summed E-state index contributed by atoms with van der Waals surface area (Å²) in [5.74, 6) is 5.82. The minimum absolute atomic E-state index is 0.216. The Morgan fingerprint density at radius 1 is 1.17 bits per heavy atom. The summed E-state index contributed by atoms with van der Waals surface area (Å²) < 4.78 is 38.6. The van der Waals surface area contributed by atoms with Gasteiger partial charge in [0.1, 0.15) is 0 Å². The molecule has 1 rings (SSSR count). The van der Waals surface area contributed by atoms with Crippen LogP contribution < -0.4 is 11.3 Å². The van der Waals surface area contributed by atoms with Gasteiger partial charge >= 0.3 is 6.18 Å². The third-order valence-electron chi connectivity index (χ3n) is 2.88. The number of hydrazine groups is 1. The predicted molar refractivity (Wildman–Crippen MR) is 65.6 cm³/mol. The summed E-state index contributed by atoms with van der Waals surface area (Å²) in [7, 11) is 0. The Hall–Kier alpha value is -1.07. The molecule has 0 aliphatic heterocycles. The van der Waals surface area contributed by atoms with Crippen LogP contribution in [0.1, 0.15) is 43.9 Å². The first-order valence-electron chi connectivity index (χ1n) is 5.98. The molecule has 1 atom stereocenters. The first-order chi connectivity index (χ1) is 8.36. The van der Waals surface area contributed by atoms with Crippen LogP contribution in [0, 0.1) is 5.92 Å². The van der Waals surface area contributed by atoms with Gasteiger partial charge in [0.05, 0.1) is 5.56 Å². The number of alkyl halides is 3. The van der Waals surface area contributed by atoms with Gasteiger partial charge in [-0.2, -0.15) is 13.2 Å². The lowest BCUT2D eigenvalue weighted by Crippen LogP contribution is -2.30. The van der Waals surface area contributed by atoms with E-state index in [4.69, 9.17) is 5.84 Å². The van der Waals surface area contributed by atoms with Crippen molar-refractivity contribution in [2.75, 3.05) is 0 Å². The van der Waals surface area contributed by atoms with Crippen LogP contribution in [-0.2, 0) is 6.18 Å². The number of nitrogens with two attached hydrogens (primary N) is 1. The molecule has 0 heterocycles. The second-order valence-electron chi connectivity index (χ2n) is 4.78. The van der Waals surface area contributed by atoms with Gasteiger partial charge in [0, 0.05) is 6.04 Å². The van der Waals surface area contributed by atoms with E-state index in [0.717, 1.165) is 12.5 Å². The van der Waals surface area contributed by atoms with Crippen molar-refractivity contribution >= 4 is 0 Å². The van der Waals surface area contributed by atoms with Gasteiger partial charge in [0.2, 0.25) is 0 Å². The van der Waals surface area contributed by atoms with Gasteiger partial charge in [-0.05, 0) is 30.4 Å². The lowest BCUT2D eigenvalue weighted by Gasteiger charge is -2.21. The Morgan fingerprint density at radius 3 is 2.28 bits per heavy atom. The van der Waals surface area contributed by atoms with E-state index in [0.29, 0.717) is 12.3 Å². The number of halogens is 3. The van der Waals surface area contributed by atoms with E-state index in [1.165, 1.54) is 12.1 Å². The summed E-state index contributed by atoms with van der Waals surface area (Å²) in [5.41, 5.74) is 2.09. The van der Waals surface area contributed by atoms with Gasteiger partial charge in [0.15, 0.2) is 0 Å². The topological polar surface area (TPSA) is 38.0 Å². The van der Waals surface area contributed by atoms with Crippen molar-refractivity contribution in [2.45, 2.75) is 38.9 Å². The van der Waals surface area contributed by atoms with Crippen LogP contribution in [0.3, 0.4) is 0 Å². The molecule has 3 N–H and O–H groups in total. The molecule has 0 amide bonds. The molecule has 0 aromatic heterocycles. The van der Waals surface area contributed by atoms with Crippen LogP contribution in [-0.4, -0.2) is 0 Å². The Kier molecular flexibility index (Phi) is 5.16. The van der Waals surface area contributed by atoms with E-state index in [-0.39, 0.29) is 5.56 Å². The smallest absolute Gasteiger partial charge is 0.271 e. The third kappa shape index (κ3) is 3.99. The summed E-state index contributed by atoms with van der Waals surface area (Å²) >= 11 is 0. The molecular weight excluding hydrogens is 241 g/mol.